The fraction of sp³-hybridized carbons (Fsp3) is 0.269. The molecule has 3 aromatic rings. The molecule has 0 bridgehead atoms. The summed E-state index contributed by atoms with van der Waals surface area (Å²) in [5.41, 5.74) is 5.04. The van der Waals surface area contributed by atoms with Crippen molar-refractivity contribution in [2.45, 2.75) is 44.0 Å². The third kappa shape index (κ3) is 4.55. The normalized spacial score (nSPS) is 13.9. The van der Waals surface area contributed by atoms with E-state index in [0.29, 0.717) is 5.69 Å². The van der Waals surface area contributed by atoms with Gasteiger partial charge in [0.25, 0.3) is 10.0 Å². The maximum absolute atomic E-state index is 13.5. The Labute approximate surface area is 190 Å². The number of anilines is 1. The van der Waals surface area contributed by atoms with Gasteiger partial charge in [0, 0.05) is 0 Å². The van der Waals surface area contributed by atoms with Crippen LogP contribution in [-0.4, -0.2) is 20.9 Å². The summed E-state index contributed by atoms with van der Waals surface area (Å²) < 4.78 is 28.1. The van der Waals surface area contributed by atoms with Crippen molar-refractivity contribution in [3.8, 4) is 0 Å². The summed E-state index contributed by atoms with van der Waals surface area (Å²) in [6.45, 7) is 3.48. The number of nitrogens with zero attached hydrogens (tertiary/aromatic N) is 1. The van der Waals surface area contributed by atoms with Crippen molar-refractivity contribution in [2.24, 2.45) is 0 Å². The fourth-order valence-electron chi connectivity index (χ4n) is 4.22. The molecule has 0 aliphatic heterocycles. The minimum Gasteiger partial charge on any atom is -0.348 e. The van der Waals surface area contributed by atoms with Gasteiger partial charge in [-0.3, -0.25) is 9.10 Å². The second kappa shape index (κ2) is 9.17. The fourth-order valence-corrected chi connectivity index (χ4v) is 5.73. The summed E-state index contributed by atoms with van der Waals surface area (Å²) in [7, 11) is -3.91. The Balaban J connectivity index is 1.58. The van der Waals surface area contributed by atoms with E-state index < -0.39 is 10.0 Å². The van der Waals surface area contributed by atoms with Gasteiger partial charge in [-0.15, -0.1) is 0 Å². The molecule has 1 atom stereocenters. The quantitative estimate of drug-likeness (QED) is 0.576. The lowest BCUT2D eigenvalue weighted by Gasteiger charge is -2.26. The lowest BCUT2D eigenvalue weighted by molar-refractivity contribution is -0.120. The topological polar surface area (TPSA) is 66.5 Å². The Morgan fingerprint density at radius 1 is 0.969 bits per heavy atom. The average Bonchev–Trinajstić information content (AvgIpc) is 3.26. The second-order valence-corrected chi connectivity index (χ2v) is 10.1. The Morgan fingerprint density at radius 3 is 2.41 bits per heavy atom. The Morgan fingerprint density at radius 2 is 1.66 bits per heavy atom. The standard InChI is InChI=1S/C26H28N2O3S/c1-19-9-6-7-14-25(19)28(32(30,31)24-12-4-3-5-13-24)18-26(29)27-20(2)22-16-15-21-10-8-11-23(21)17-22/h3-7,9,12-17,20H,8,10-11,18H2,1-2H3,(H,27,29)/t20-/m0/s1. The number of aryl methyl sites for hydroxylation is 3. The molecular weight excluding hydrogens is 420 g/mol. The monoisotopic (exact) mass is 448 g/mol. The highest BCUT2D eigenvalue weighted by Gasteiger charge is 2.28. The summed E-state index contributed by atoms with van der Waals surface area (Å²) in [4.78, 5) is 13.2. The van der Waals surface area contributed by atoms with Crippen molar-refractivity contribution < 1.29 is 13.2 Å². The summed E-state index contributed by atoms with van der Waals surface area (Å²) >= 11 is 0. The summed E-state index contributed by atoms with van der Waals surface area (Å²) in [5.74, 6) is -0.347. The summed E-state index contributed by atoms with van der Waals surface area (Å²) in [6.07, 6.45) is 3.35. The van der Waals surface area contributed by atoms with Gasteiger partial charge in [-0.05, 0) is 73.6 Å². The van der Waals surface area contributed by atoms with Gasteiger partial charge in [-0.1, -0.05) is 54.6 Å². The van der Waals surface area contributed by atoms with Crippen molar-refractivity contribution >= 4 is 21.6 Å². The van der Waals surface area contributed by atoms with Crippen molar-refractivity contribution in [3.05, 3.63) is 95.1 Å². The van der Waals surface area contributed by atoms with E-state index in [0.717, 1.165) is 24.0 Å². The van der Waals surface area contributed by atoms with Crippen molar-refractivity contribution in [1.29, 1.82) is 0 Å². The van der Waals surface area contributed by atoms with Gasteiger partial charge in [-0.25, -0.2) is 8.42 Å². The zero-order valence-electron chi connectivity index (χ0n) is 18.4. The number of benzene rings is 3. The third-order valence-corrected chi connectivity index (χ3v) is 7.78. The zero-order chi connectivity index (χ0) is 22.7. The van der Waals surface area contributed by atoms with E-state index in [1.807, 2.05) is 26.0 Å². The van der Waals surface area contributed by atoms with Crippen LogP contribution in [0.25, 0.3) is 0 Å². The van der Waals surface area contributed by atoms with Crippen LogP contribution in [-0.2, 0) is 27.7 Å². The van der Waals surface area contributed by atoms with Crippen LogP contribution >= 0.6 is 0 Å². The first kappa shape index (κ1) is 22.1. The van der Waals surface area contributed by atoms with Crippen LogP contribution in [0.15, 0.2) is 77.7 Å². The molecule has 1 aliphatic rings. The number of para-hydroxylation sites is 1. The lowest BCUT2D eigenvalue weighted by Crippen LogP contribution is -2.41. The molecule has 1 aliphatic carbocycles. The van der Waals surface area contributed by atoms with E-state index >= 15 is 0 Å². The molecule has 0 saturated heterocycles. The average molecular weight is 449 g/mol. The molecule has 1 N–H and O–H groups in total. The molecule has 0 aromatic heterocycles. The first-order valence-electron chi connectivity index (χ1n) is 10.9. The molecule has 0 radical (unpaired) electrons. The van der Waals surface area contributed by atoms with Gasteiger partial charge < -0.3 is 5.32 Å². The molecule has 0 heterocycles. The van der Waals surface area contributed by atoms with Gasteiger partial charge in [0.15, 0.2) is 0 Å². The maximum atomic E-state index is 13.5. The second-order valence-electron chi connectivity index (χ2n) is 8.28. The minimum atomic E-state index is -3.91. The largest absolute Gasteiger partial charge is 0.348 e. The minimum absolute atomic E-state index is 0.155. The number of carbonyl (C=O) groups excluding carboxylic acids is 1. The first-order chi connectivity index (χ1) is 15.4. The smallest absolute Gasteiger partial charge is 0.264 e. The molecular formula is C26H28N2O3S. The number of sulfonamides is 1. The van der Waals surface area contributed by atoms with Gasteiger partial charge in [0.2, 0.25) is 5.91 Å². The van der Waals surface area contributed by atoms with Crippen LogP contribution in [0.4, 0.5) is 5.69 Å². The van der Waals surface area contributed by atoms with Crippen LogP contribution < -0.4 is 9.62 Å². The van der Waals surface area contributed by atoms with Gasteiger partial charge >= 0.3 is 0 Å². The highest BCUT2D eigenvalue weighted by atomic mass is 32.2. The SMILES string of the molecule is Cc1ccccc1N(CC(=O)N[C@@H](C)c1ccc2c(c1)CCC2)S(=O)(=O)c1ccccc1. The molecule has 5 nitrogen and oxygen atoms in total. The van der Waals surface area contributed by atoms with Crippen LogP contribution in [0.1, 0.15) is 41.6 Å². The highest BCUT2D eigenvalue weighted by Crippen LogP contribution is 2.28. The molecule has 0 fully saturated rings. The summed E-state index contributed by atoms with van der Waals surface area (Å²) in [5, 5.41) is 2.99. The molecule has 6 heteroatoms. The van der Waals surface area contributed by atoms with Crippen molar-refractivity contribution in [3.63, 3.8) is 0 Å². The van der Waals surface area contributed by atoms with Crippen LogP contribution in [0, 0.1) is 6.92 Å². The van der Waals surface area contributed by atoms with E-state index in [1.54, 1.807) is 42.5 Å². The number of rotatable bonds is 7. The van der Waals surface area contributed by atoms with E-state index in [1.165, 1.54) is 21.9 Å². The molecule has 0 spiro atoms. The van der Waals surface area contributed by atoms with E-state index in [2.05, 4.69) is 23.5 Å². The molecule has 32 heavy (non-hydrogen) atoms. The zero-order valence-corrected chi connectivity index (χ0v) is 19.2. The van der Waals surface area contributed by atoms with Gasteiger partial charge in [0.05, 0.1) is 16.6 Å². The van der Waals surface area contributed by atoms with Crippen molar-refractivity contribution in [2.75, 3.05) is 10.8 Å². The van der Waals surface area contributed by atoms with Gasteiger partial charge in [0.1, 0.15) is 6.54 Å². The lowest BCUT2D eigenvalue weighted by atomic mass is 10.0. The number of hydrogen-bond donors (Lipinski definition) is 1. The molecule has 3 aromatic carbocycles. The van der Waals surface area contributed by atoms with E-state index in [9.17, 15) is 13.2 Å². The molecule has 4 rings (SSSR count). The maximum Gasteiger partial charge on any atom is 0.264 e. The number of hydrogen-bond acceptors (Lipinski definition) is 3. The molecule has 0 unspecified atom stereocenters. The third-order valence-electron chi connectivity index (χ3n) is 6.00. The Hall–Kier alpha value is -3.12. The highest BCUT2D eigenvalue weighted by molar-refractivity contribution is 7.92. The van der Waals surface area contributed by atoms with E-state index in [-0.39, 0.29) is 23.4 Å². The van der Waals surface area contributed by atoms with E-state index in [4.69, 9.17) is 0 Å². The Kier molecular flexibility index (Phi) is 6.33. The number of carbonyl (C=O) groups is 1. The number of amides is 1. The molecule has 1 amide bonds. The van der Waals surface area contributed by atoms with Crippen LogP contribution in [0.3, 0.4) is 0 Å². The molecule has 166 valence electrons. The van der Waals surface area contributed by atoms with Gasteiger partial charge in [-0.2, -0.15) is 0 Å². The van der Waals surface area contributed by atoms with Crippen LogP contribution in [0.2, 0.25) is 0 Å². The number of fused-ring (bicyclic) bond motifs is 1. The Bertz CT molecular complexity index is 1220. The first-order valence-corrected chi connectivity index (χ1v) is 12.3. The summed E-state index contributed by atoms with van der Waals surface area (Å²) in [6, 6.07) is 21.6. The van der Waals surface area contributed by atoms with Crippen LogP contribution in [0.5, 0.6) is 0 Å². The predicted octanol–water partition coefficient (Wildman–Crippen LogP) is 4.56. The molecule has 0 saturated carbocycles. The van der Waals surface area contributed by atoms with Crippen molar-refractivity contribution in [1.82, 2.24) is 5.32 Å². The predicted molar refractivity (Wildman–Crippen MR) is 127 cm³/mol. The number of nitrogens with one attached hydrogen (secondary N) is 1.